The standard InChI is InChI=1S/C13H19NO2/c1-5-7-10(6-2)14-11(15)8-13(3,4)9-12(14)16/h2,10H,5,7-9H2,1,3-4H3. The summed E-state index contributed by atoms with van der Waals surface area (Å²) in [5.41, 5.74) is -0.226. The van der Waals surface area contributed by atoms with Gasteiger partial charge in [-0.05, 0) is 11.8 Å². The number of carbonyl (C=O) groups is 2. The van der Waals surface area contributed by atoms with Crippen LogP contribution in [0.15, 0.2) is 0 Å². The Morgan fingerprint density at radius 2 is 1.88 bits per heavy atom. The molecule has 1 atom stereocenters. The predicted molar refractivity (Wildman–Crippen MR) is 62.4 cm³/mol. The number of carbonyl (C=O) groups excluding carboxylic acids is 2. The minimum Gasteiger partial charge on any atom is -0.274 e. The molecule has 0 aromatic rings. The Balaban J connectivity index is 2.86. The van der Waals surface area contributed by atoms with Crippen LogP contribution in [-0.4, -0.2) is 22.8 Å². The van der Waals surface area contributed by atoms with Gasteiger partial charge in [0.15, 0.2) is 0 Å². The van der Waals surface area contributed by atoms with E-state index in [1.807, 2.05) is 20.8 Å². The first-order valence-electron chi connectivity index (χ1n) is 5.72. The molecule has 0 radical (unpaired) electrons. The zero-order valence-electron chi connectivity index (χ0n) is 10.2. The average molecular weight is 221 g/mol. The fraction of sp³-hybridized carbons (Fsp3) is 0.692. The third-order valence-corrected chi connectivity index (χ3v) is 2.86. The van der Waals surface area contributed by atoms with E-state index in [0.717, 1.165) is 6.42 Å². The van der Waals surface area contributed by atoms with Crippen molar-refractivity contribution in [2.24, 2.45) is 5.41 Å². The molecule has 1 heterocycles. The molecule has 1 fully saturated rings. The smallest absolute Gasteiger partial charge is 0.230 e. The van der Waals surface area contributed by atoms with Crippen molar-refractivity contribution in [1.82, 2.24) is 4.90 Å². The number of amides is 2. The summed E-state index contributed by atoms with van der Waals surface area (Å²) >= 11 is 0. The molecule has 0 saturated carbocycles. The highest BCUT2D eigenvalue weighted by molar-refractivity contribution is 5.99. The number of nitrogens with zero attached hydrogens (tertiary/aromatic N) is 1. The normalized spacial score (nSPS) is 21.8. The molecule has 1 unspecified atom stereocenters. The first-order valence-corrected chi connectivity index (χ1v) is 5.72. The maximum atomic E-state index is 11.9. The van der Waals surface area contributed by atoms with Crippen molar-refractivity contribution in [3.05, 3.63) is 0 Å². The van der Waals surface area contributed by atoms with Gasteiger partial charge in [0.1, 0.15) is 6.04 Å². The molecule has 0 N–H and O–H groups in total. The van der Waals surface area contributed by atoms with E-state index >= 15 is 0 Å². The molecule has 0 spiro atoms. The van der Waals surface area contributed by atoms with Crippen LogP contribution in [0.2, 0.25) is 0 Å². The molecule has 1 saturated heterocycles. The number of terminal acetylenes is 1. The van der Waals surface area contributed by atoms with E-state index in [-0.39, 0.29) is 23.3 Å². The molecule has 0 aliphatic carbocycles. The second-order valence-corrected chi connectivity index (χ2v) is 5.15. The van der Waals surface area contributed by atoms with Crippen LogP contribution in [0.25, 0.3) is 0 Å². The lowest BCUT2D eigenvalue weighted by molar-refractivity contribution is -0.154. The molecule has 1 rings (SSSR count). The second-order valence-electron chi connectivity index (χ2n) is 5.15. The minimum absolute atomic E-state index is 0.127. The lowest BCUT2D eigenvalue weighted by Gasteiger charge is -2.37. The van der Waals surface area contributed by atoms with Crippen LogP contribution in [0.1, 0.15) is 46.5 Å². The fourth-order valence-electron chi connectivity index (χ4n) is 2.10. The van der Waals surface area contributed by atoms with Crippen molar-refractivity contribution >= 4 is 11.8 Å². The topological polar surface area (TPSA) is 37.4 Å². The number of imide groups is 1. The number of hydrogen-bond acceptors (Lipinski definition) is 2. The summed E-state index contributed by atoms with van der Waals surface area (Å²) in [7, 11) is 0. The monoisotopic (exact) mass is 221 g/mol. The fourth-order valence-corrected chi connectivity index (χ4v) is 2.10. The Bertz CT molecular complexity index is 318. The van der Waals surface area contributed by atoms with E-state index < -0.39 is 0 Å². The molecule has 3 nitrogen and oxygen atoms in total. The van der Waals surface area contributed by atoms with E-state index in [0.29, 0.717) is 19.3 Å². The maximum Gasteiger partial charge on any atom is 0.230 e. The van der Waals surface area contributed by atoms with Crippen molar-refractivity contribution in [2.45, 2.75) is 52.5 Å². The van der Waals surface area contributed by atoms with Gasteiger partial charge in [-0.15, -0.1) is 6.42 Å². The Morgan fingerprint density at radius 1 is 1.38 bits per heavy atom. The zero-order valence-corrected chi connectivity index (χ0v) is 10.2. The van der Waals surface area contributed by atoms with Crippen LogP contribution in [0.4, 0.5) is 0 Å². The van der Waals surface area contributed by atoms with E-state index in [9.17, 15) is 9.59 Å². The van der Waals surface area contributed by atoms with Gasteiger partial charge >= 0.3 is 0 Å². The molecule has 0 aromatic carbocycles. The zero-order chi connectivity index (χ0) is 12.3. The van der Waals surface area contributed by atoms with Gasteiger partial charge < -0.3 is 0 Å². The van der Waals surface area contributed by atoms with Crippen LogP contribution in [0, 0.1) is 17.8 Å². The van der Waals surface area contributed by atoms with Crippen LogP contribution in [0.5, 0.6) is 0 Å². The molecule has 88 valence electrons. The summed E-state index contributed by atoms with van der Waals surface area (Å²) in [6.07, 6.45) is 7.75. The van der Waals surface area contributed by atoms with E-state index in [2.05, 4.69) is 5.92 Å². The quantitative estimate of drug-likeness (QED) is 0.539. The highest BCUT2D eigenvalue weighted by atomic mass is 16.2. The molecule has 16 heavy (non-hydrogen) atoms. The van der Waals surface area contributed by atoms with Crippen LogP contribution < -0.4 is 0 Å². The molecule has 1 aliphatic rings. The molecule has 0 bridgehead atoms. The SMILES string of the molecule is C#CC(CCC)N1C(=O)CC(C)(C)CC1=O. The minimum atomic E-state index is -0.360. The van der Waals surface area contributed by atoms with E-state index in [1.165, 1.54) is 4.90 Å². The van der Waals surface area contributed by atoms with Gasteiger partial charge in [-0.25, -0.2) is 0 Å². The summed E-state index contributed by atoms with van der Waals surface area (Å²) in [4.78, 5) is 25.1. The third-order valence-electron chi connectivity index (χ3n) is 2.86. The lowest BCUT2D eigenvalue weighted by atomic mass is 9.81. The maximum absolute atomic E-state index is 11.9. The van der Waals surface area contributed by atoms with Gasteiger partial charge in [-0.2, -0.15) is 0 Å². The van der Waals surface area contributed by atoms with Crippen LogP contribution >= 0.6 is 0 Å². The Kier molecular flexibility index (Phi) is 3.74. The van der Waals surface area contributed by atoms with Gasteiger partial charge in [0, 0.05) is 12.8 Å². The molecule has 0 aromatic heterocycles. The van der Waals surface area contributed by atoms with Crippen molar-refractivity contribution in [3.8, 4) is 12.3 Å². The predicted octanol–water partition coefficient (Wildman–Crippen LogP) is 1.96. The van der Waals surface area contributed by atoms with E-state index in [4.69, 9.17) is 6.42 Å². The highest BCUT2D eigenvalue weighted by Gasteiger charge is 2.39. The van der Waals surface area contributed by atoms with E-state index in [1.54, 1.807) is 0 Å². The van der Waals surface area contributed by atoms with Crippen molar-refractivity contribution < 1.29 is 9.59 Å². The van der Waals surface area contributed by atoms with Crippen molar-refractivity contribution in [3.63, 3.8) is 0 Å². The summed E-state index contributed by atoms with van der Waals surface area (Å²) in [5.74, 6) is 2.29. The summed E-state index contributed by atoms with van der Waals surface area (Å²) in [6.45, 7) is 5.86. The van der Waals surface area contributed by atoms with Crippen LogP contribution in [0.3, 0.4) is 0 Å². The average Bonchev–Trinajstić information content (AvgIpc) is 2.13. The second kappa shape index (κ2) is 4.69. The number of piperidine rings is 1. The molecule has 3 heteroatoms. The summed E-state index contributed by atoms with van der Waals surface area (Å²) < 4.78 is 0. The van der Waals surface area contributed by atoms with Crippen LogP contribution in [-0.2, 0) is 9.59 Å². The Hall–Kier alpha value is -1.30. The van der Waals surface area contributed by atoms with Gasteiger partial charge in [-0.1, -0.05) is 33.1 Å². The number of hydrogen-bond donors (Lipinski definition) is 0. The number of likely N-dealkylation sites (tertiary alicyclic amines) is 1. The Morgan fingerprint density at radius 3 is 2.25 bits per heavy atom. The Labute approximate surface area is 97.2 Å². The molecule has 2 amide bonds. The summed E-state index contributed by atoms with van der Waals surface area (Å²) in [6, 6.07) is -0.360. The first kappa shape index (κ1) is 12.8. The molecule has 1 aliphatic heterocycles. The van der Waals surface area contributed by atoms with Crippen molar-refractivity contribution in [1.29, 1.82) is 0 Å². The lowest BCUT2D eigenvalue weighted by Crippen LogP contribution is -2.50. The number of rotatable bonds is 3. The largest absolute Gasteiger partial charge is 0.274 e. The van der Waals surface area contributed by atoms with Gasteiger partial charge in [-0.3, -0.25) is 14.5 Å². The molecular weight excluding hydrogens is 202 g/mol. The van der Waals surface area contributed by atoms with Crippen molar-refractivity contribution in [2.75, 3.05) is 0 Å². The first-order chi connectivity index (χ1) is 7.41. The van der Waals surface area contributed by atoms with Gasteiger partial charge in [0.05, 0.1) is 0 Å². The molecular formula is C13H19NO2. The third kappa shape index (κ3) is 2.63. The van der Waals surface area contributed by atoms with Gasteiger partial charge in [0.25, 0.3) is 0 Å². The highest BCUT2D eigenvalue weighted by Crippen LogP contribution is 2.32. The van der Waals surface area contributed by atoms with Gasteiger partial charge in [0.2, 0.25) is 11.8 Å². The summed E-state index contributed by atoms with van der Waals surface area (Å²) in [5, 5.41) is 0.